The highest BCUT2D eigenvalue weighted by Gasteiger charge is 2.33. The van der Waals surface area contributed by atoms with E-state index in [4.69, 9.17) is 10.00 Å². The smallest absolute Gasteiger partial charge is 0.255 e. The maximum absolute atomic E-state index is 12.8. The van der Waals surface area contributed by atoms with E-state index in [0.717, 1.165) is 35.4 Å². The van der Waals surface area contributed by atoms with Gasteiger partial charge >= 0.3 is 0 Å². The molecule has 1 saturated heterocycles. The molecule has 0 aliphatic carbocycles. The van der Waals surface area contributed by atoms with Gasteiger partial charge in [-0.1, -0.05) is 0 Å². The van der Waals surface area contributed by atoms with Gasteiger partial charge < -0.3 is 15.0 Å². The number of nitrogens with one attached hydrogen (secondary N) is 1. The Balaban J connectivity index is 1.48. The van der Waals surface area contributed by atoms with Gasteiger partial charge in [0.1, 0.15) is 17.1 Å². The molecule has 3 aromatic rings. The summed E-state index contributed by atoms with van der Waals surface area (Å²) in [6, 6.07) is 5.97. The van der Waals surface area contributed by atoms with Gasteiger partial charge in [0.2, 0.25) is 0 Å². The van der Waals surface area contributed by atoms with Crippen LogP contribution in [0.15, 0.2) is 30.7 Å². The van der Waals surface area contributed by atoms with Gasteiger partial charge in [-0.3, -0.25) is 4.79 Å². The number of nitriles is 1. The molecular weight excluding hydrogens is 356 g/mol. The van der Waals surface area contributed by atoms with Crippen LogP contribution in [-0.4, -0.2) is 45.0 Å². The maximum atomic E-state index is 12.8. The maximum Gasteiger partial charge on any atom is 0.255 e. The summed E-state index contributed by atoms with van der Waals surface area (Å²) < 4.78 is 7.78. The summed E-state index contributed by atoms with van der Waals surface area (Å²) in [5.74, 6) is 2.04. The molecule has 0 saturated carbocycles. The third kappa shape index (κ3) is 2.55. The quantitative estimate of drug-likeness (QED) is 0.756. The fourth-order valence-electron chi connectivity index (χ4n) is 3.75. The summed E-state index contributed by atoms with van der Waals surface area (Å²) in [5, 5.41) is 16.5. The van der Waals surface area contributed by atoms with Crippen molar-refractivity contribution in [2.24, 2.45) is 5.92 Å². The molecule has 2 aliphatic rings. The predicted octanol–water partition coefficient (Wildman–Crippen LogP) is 2.39. The molecule has 0 bridgehead atoms. The minimum absolute atomic E-state index is 0.0693. The molecule has 1 N–H and O–H groups in total. The summed E-state index contributed by atoms with van der Waals surface area (Å²) in [6.07, 6.45) is 5.99. The van der Waals surface area contributed by atoms with Crippen molar-refractivity contribution in [3.8, 4) is 17.6 Å². The number of pyridine rings is 1. The highest BCUT2D eigenvalue weighted by atomic mass is 16.5. The normalized spacial score (nSPS) is 15.6. The van der Waals surface area contributed by atoms with Gasteiger partial charge in [0.05, 0.1) is 29.9 Å². The molecule has 3 aromatic heterocycles. The van der Waals surface area contributed by atoms with Gasteiger partial charge in [0, 0.05) is 31.9 Å². The van der Waals surface area contributed by atoms with Crippen molar-refractivity contribution in [2.75, 3.05) is 25.0 Å². The summed E-state index contributed by atoms with van der Waals surface area (Å²) >= 11 is 0. The SMILES string of the molecule is Cc1c(C(=O)N2CC(C#N)C2)cn2nccc(Oc3cnc4c(c3)CCN4)c12. The number of hydrogen-bond acceptors (Lipinski definition) is 6. The van der Waals surface area contributed by atoms with Gasteiger partial charge in [0.25, 0.3) is 5.91 Å². The number of aryl methyl sites for hydroxylation is 1. The Labute approximate surface area is 161 Å². The molecule has 140 valence electrons. The summed E-state index contributed by atoms with van der Waals surface area (Å²) in [7, 11) is 0. The molecule has 5 rings (SSSR count). The molecule has 0 atom stereocenters. The fraction of sp³-hybridized carbons (Fsp3) is 0.300. The van der Waals surface area contributed by atoms with Crippen molar-refractivity contribution >= 4 is 17.2 Å². The molecule has 0 unspecified atom stereocenters. The Morgan fingerprint density at radius 3 is 3.11 bits per heavy atom. The molecule has 2 aliphatic heterocycles. The Kier molecular flexibility index (Phi) is 3.69. The monoisotopic (exact) mass is 374 g/mol. The zero-order chi connectivity index (χ0) is 19.3. The lowest BCUT2D eigenvalue weighted by atomic mass is 10.0. The Bertz CT molecular complexity index is 1140. The highest BCUT2D eigenvalue weighted by molar-refractivity contribution is 5.98. The lowest BCUT2D eigenvalue weighted by Gasteiger charge is -2.35. The predicted molar refractivity (Wildman–Crippen MR) is 101 cm³/mol. The Morgan fingerprint density at radius 1 is 1.43 bits per heavy atom. The van der Waals surface area contributed by atoms with Crippen molar-refractivity contribution in [1.82, 2.24) is 19.5 Å². The van der Waals surface area contributed by atoms with Crippen molar-refractivity contribution in [1.29, 1.82) is 5.26 Å². The number of aromatic nitrogens is 3. The van der Waals surface area contributed by atoms with Gasteiger partial charge in [-0.05, 0) is 30.5 Å². The lowest BCUT2D eigenvalue weighted by molar-refractivity contribution is 0.0576. The first-order chi connectivity index (χ1) is 13.6. The number of fused-ring (bicyclic) bond motifs is 2. The second kappa shape index (κ2) is 6.23. The largest absolute Gasteiger partial charge is 0.453 e. The lowest BCUT2D eigenvalue weighted by Crippen LogP contribution is -2.49. The molecule has 1 amide bonds. The van der Waals surface area contributed by atoms with Crippen LogP contribution in [0.3, 0.4) is 0 Å². The van der Waals surface area contributed by atoms with Crippen LogP contribution in [-0.2, 0) is 6.42 Å². The van der Waals surface area contributed by atoms with Gasteiger partial charge in [-0.25, -0.2) is 9.50 Å². The van der Waals surface area contributed by atoms with Crippen LogP contribution in [0.1, 0.15) is 21.5 Å². The third-order valence-electron chi connectivity index (χ3n) is 5.33. The van der Waals surface area contributed by atoms with E-state index in [1.165, 1.54) is 0 Å². The number of ether oxygens (including phenoxy) is 1. The van der Waals surface area contributed by atoms with E-state index in [9.17, 15) is 4.79 Å². The van der Waals surface area contributed by atoms with Gasteiger partial charge in [0.15, 0.2) is 5.75 Å². The Morgan fingerprint density at radius 2 is 2.29 bits per heavy atom. The average molecular weight is 374 g/mol. The molecule has 28 heavy (non-hydrogen) atoms. The minimum atomic E-state index is -0.0780. The highest BCUT2D eigenvalue weighted by Crippen LogP contribution is 2.33. The van der Waals surface area contributed by atoms with E-state index >= 15 is 0 Å². The molecule has 5 heterocycles. The topological polar surface area (TPSA) is 95.6 Å². The van der Waals surface area contributed by atoms with Crippen molar-refractivity contribution < 1.29 is 9.53 Å². The van der Waals surface area contributed by atoms with Crippen LogP contribution in [0, 0.1) is 24.2 Å². The third-order valence-corrected chi connectivity index (χ3v) is 5.33. The van der Waals surface area contributed by atoms with E-state index in [0.29, 0.717) is 30.2 Å². The van der Waals surface area contributed by atoms with Crippen LogP contribution < -0.4 is 10.1 Å². The first-order valence-electron chi connectivity index (χ1n) is 9.20. The molecular formula is C20H18N6O2. The van der Waals surface area contributed by atoms with Crippen LogP contribution in [0.4, 0.5) is 5.82 Å². The second-order valence-electron chi connectivity index (χ2n) is 7.15. The summed E-state index contributed by atoms with van der Waals surface area (Å²) in [4.78, 5) is 18.9. The number of carbonyl (C=O) groups is 1. The number of nitrogens with zero attached hydrogens (tertiary/aromatic N) is 5. The zero-order valence-corrected chi connectivity index (χ0v) is 15.3. The average Bonchev–Trinajstić information content (AvgIpc) is 3.25. The Hall–Kier alpha value is -3.60. The molecule has 8 heteroatoms. The zero-order valence-electron chi connectivity index (χ0n) is 15.3. The van der Waals surface area contributed by atoms with Crippen LogP contribution in [0.25, 0.3) is 5.52 Å². The van der Waals surface area contributed by atoms with E-state index in [1.807, 2.05) is 13.0 Å². The number of carbonyl (C=O) groups excluding carboxylic acids is 1. The fourth-order valence-corrected chi connectivity index (χ4v) is 3.75. The van der Waals surface area contributed by atoms with Gasteiger partial charge in [-0.2, -0.15) is 10.4 Å². The number of rotatable bonds is 3. The first-order valence-corrected chi connectivity index (χ1v) is 9.20. The summed E-state index contributed by atoms with van der Waals surface area (Å²) in [6.45, 7) is 3.74. The van der Waals surface area contributed by atoms with E-state index in [1.54, 1.807) is 34.1 Å². The number of amides is 1. The number of hydrogen-bond donors (Lipinski definition) is 1. The second-order valence-corrected chi connectivity index (χ2v) is 7.15. The molecule has 0 spiro atoms. The van der Waals surface area contributed by atoms with E-state index < -0.39 is 0 Å². The van der Waals surface area contributed by atoms with E-state index in [-0.39, 0.29) is 11.8 Å². The first kappa shape index (κ1) is 16.6. The van der Waals surface area contributed by atoms with Gasteiger partial charge in [-0.15, -0.1) is 0 Å². The van der Waals surface area contributed by atoms with E-state index in [2.05, 4.69) is 21.5 Å². The van der Waals surface area contributed by atoms with Crippen LogP contribution in [0.2, 0.25) is 0 Å². The molecule has 8 nitrogen and oxygen atoms in total. The van der Waals surface area contributed by atoms with Crippen LogP contribution in [0.5, 0.6) is 11.5 Å². The number of likely N-dealkylation sites (tertiary alicyclic amines) is 1. The summed E-state index contributed by atoms with van der Waals surface area (Å²) in [5.41, 5.74) is 3.28. The van der Waals surface area contributed by atoms with Crippen molar-refractivity contribution in [3.05, 3.63) is 47.4 Å². The van der Waals surface area contributed by atoms with Crippen molar-refractivity contribution in [2.45, 2.75) is 13.3 Å². The number of anilines is 1. The standard InChI is InChI=1S/C20H18N6O2/c1-12-16(20(27)25-9-13(7-21)10-25)11-26-18(12)17(3-5-24-26)28-15-6-14-2-4-22-19(14)23-8-15/h3,5-6,8,11,13H,2,4,9-10H2,1H3,(H,22,23). The molecule has 1 fully saturated rings. The van der Waals surface area contributed by atoms with Crippen molar-refractivity contribution in [3.63, 3.8) is 0 Å². The molecule has 0 aromatic carbocycles. The minimum Gasteiger partial charge on any atom is -0.453 e. The van der Waals surface area contributed by atoms with Crippen LogP contribution >= 0.6 is 0 Å². The molecule has 0 radical (unpaired) electrons.